The molecule has 0 radical (unpaired) electrons. The van der Waals surface area contributed by atoms with E-state index in [-0.39, 0.29) is 16.9 Å². The molecule has 0 aliphatic carbocycles. The van der Waals surface area contributed by atoms with Gasteiger partial charge in [0.15, 0.2) is 0 Å². The van der Waals surface area contributed by atoms with Crippen LogP contribution in [-0.4, -0.2) is 11.5 Å². The fraction of sp³-hybridized carbons (Fsp3) is 0.312. The fourth-order valence-electron chi connectivity index (χ4n) is 2.15. The number of nitrogens with zero attached hydrogens (tertiary/aromatic N) is 1. The maximum Gasteiger partial charge on any atom is 0.141 e. The van der Waals surface area contributed by atoms with Gasteiger partial charge < -0.3 is 5.32 Å². The summed E-state index contributed by atoms with van der Waals surface area (Å²) in [5, 5.41) is 3.66. The predicted octanol–water partition coefficient (Wildman–Crippen LogP) is 4.92. The summed E-state index contributed by atoms with van der Waals surface area (Å²) in [5.41, 5.74) is 2.09. The van der Waals surface area contributed by atoms with Crippen molar-refractivity contribution in [3.63, 3.8) is 0 Å². The first-order valence-electron chi connectivity index (χ1n) is 6.88. The highest BCUT2D eigenvalue weighted by Crippen LogP contribution is 2.23. The molecule has 0 bridgehead atoms. The summed E-state index contributed by atoms with van der Waals surface area (Å²) in [6, 6.07) is 7.03. The van der Waals surface area contributed by atoms with Gasteiger partial charge in [-0.25, -0.2) is 4.39 Å². The molecule has 0 fully saturated rings. The van der Waals surface area contributed by atoms with E-state index in [0.29, 0.717) is 0 Å². The SMILES string of the molecule is CCCNC(Cc1ccc(F)c(Cl)c1)c1cncc(Br)c1. The van der Waals surface area contributed by atoms with Crippen LogP contribution in [0.15, 0.2) is 41.1 Å². The van der Waals surface area contributed by atoms with Crippen molar-refractivity contribution in [2.75, 3.05) is 6.54 Å². The highest BCUT2D eigenvalue weighted by atomic mass is 79.9. The lowest BCUT2D eigenvalue weighted by atomic mass is 10.00. The molecule has 2 rings (SSSR count). The van der Waals surface area contributed by atoms with Crippen molar-refractivity contribution >= 4 is 27.5 Å². The normalized spacial score (nSPS) is 12.4. The van der Waals surface area contributed by atoms with Gasteiger partial charge in [0.25, 0.3) is 0 Å². The minimum absolute atomic E-state index is 0.122. The summed E-state index contributed by atoms with van der Waals surface area (Å²) < 4.78 is 14.2. The lowest BCUT2D eigenvalue weighted by Crippen LogP contribution is -2.24. The van der Waals surface area contributed by atoms with Crippen LogP contribution < -0.4 is 5.32 Å². The zero-order valence-electron chi connectivity index (χ0n) is 11.7. The predicted molar refractivity (Wildman–Crippen MR) is 88.1 cm³/mol. The second-order valence-corrected chi connectivity index (χ2v) is 6.22. The molecule has 2 nitrogen and oxygen atoms in total. The molecule has 1 atom stereocenters. The molecule has 1 aromatic carbocycles. The molecule has 1 heterocycles. The highest BCUT2D eigenvalue weighted by molar-refractivity contribution is 9.10. The van der Waals surface area contributed by atoms with E-state index in [1.807, 2.05) is 12.3 Å². The topological polar surface area (TPSA) is 24.9 Å². The van der Waals surface area contributed by atoms with Crippen LogP contribution in [0.4, 0.5) is 4.39 Å². The summed E-state index contributed by atoms with van der Waals surface area (Å²) in [6.45, 7) is 3.03. The Kier molecular flexibility index (Phi) is 6.15. The molecule has 1 unspecified atom stereocenters. The summed E-state index contributed by atoms with van der Waals surface area (Å²) >= 11 is 9.30. The first-order chi connectivity index (χ1) is 10.1. The summed E-state index contributed by atoms with van der Waals surface area (Å²) in [5.74, 6) is -0.386. The second kappa shape index (κ2) is 7.87. The number of hydrogen-bond acceptors (Lipinski definition) is 2. The van der Waals surface area contributed by atoms with Crippen LogP contribution in [0.2, 0.25) is 5.02 Å². The Hall–Kier alpha value is -0.970. The van der Waals surface area contributed by atoms with Crippen molar-refractivity contribution in [2.24, 2.45) is 0 Å². The average molecular weight is 372 g/mol. The van der Waals surface area contributed by atoms with E-state index in [1.165, 1.54) is 6.07 Å². The number of benzene rings is 1. The van der Waals surface area contributed by atoms with E-state index < -0.39 is 0 Å². The van der Waals surface area contributed by atoms with Gasteiger partial charge in [0.1, 0.15) is 5.82 Å². The minimum Gasteiger partial charge on any atom is -0.310 e. The number of pyridine rings is 1. The van der Waals surface area contributed by atoms with Gasteiger partial charge in [-0.2, -0.15) is 0 Å². The van der Waals surface area contributed by atoms with E-state index in [2.05, 4.69) is 33.2 Å². The molecule has 0 saturated carbocycles. The van der Waals surface area contributed by atoms with Crippen LogP contribution in [0.5, 0.6) is 0 Å². The van der Waals surface area contributed by atoms with Crippen molar-refractivity contribution in [1.82, 2.24) is 10.3 Å². The van der Waals surface area contributed by atoms with E-state index in [4.69, 9.17) is 11.6 Å². The fourth-order valence-corrected chi connectivity index (χ4v) is 2.73. The molecule has 0 amide bonds. The Labute approximate surface area is 137 Å². The van der Waals surface area contributed by atoms with E-state index >= 15 is 0 Å². The van der Waals surface area contributed by atoms with Crippen LogP contribution in [0.1, 0.15) is 30.5 Å². The Morgan fingerprint density at radius 2 is 2.14 bits per heavy atom. The van der Waals surface area contributed by atoms with E-state index in [0.717, 1.165) is 35.0 Å². The van der Waals surface area contributed by atoms with Gasteiger partial charge in [0.2, 0.25) is 0 Å². The number of rotatable bonds is 6. The Balaban J connectivity index is 2.21. The first-order valence-corrected chi connectivity index (χ1v) is 8.05. The minimum atomic E-state index is -0.386. The zero-order valence-corrected chi connectivity index (χ0v) is 14.1. The molecule has 1 aromatic heterocycles. The molecular weight excluding hydrogens is 355 g/mol. The van der Waals surface area contributed by atoms with Crippen LogP contribution >= 0.6 is 27.5 Å². The molecule has 0 aliphatic rings. The van der Waals surface area contributed by atoms with Crippen LogP contribution in [0.25, 0.3) is 0 Å². The number of aromatic nitrogens is 1. The molecule has 0 aliphatic heterocycles. The smallest absolute Gasteiger partial charge is 0.141 e. The number of nitrogens with one attached hydrogen (secondary N) is 1. The van der Waals surface area contributed by atoms with Gasteiger partial charge in [0.05, 0.1) is 5.02 Å². The van der Waals surface area contributed by atoms with Crippen molar-refractivity contribution in [3.8, 4) is 0 Å². The molecule has 21 heavy (non-hydrogen) atoms. The van der Waals surface area contributed by atoms with Gasteiger partial charge in [-0.1, -0.05) is 24.6 Å². The molecule has 112 valence electrons. The summed E-state index contributed by atoms with van der Waals surface area (Å²) in [7, 11) is 0. The van der Waals surface area contributed by atoms with Gasteiger partial charge >= 0.3 is 0 Å². The van der Waals surface area contributed by atoms with E-state index in [1.54, 1.807) is 18.3 Å². The molecule has 2 aromatic rings. The largest absolute Gasteiger partial charge is 0.310 e. The maximum atomic E-state index is 13.3. The zero-order chi connectivity index (χ0) is 15.2. The van der Waals surface area contributed by atoms with Crippen molar-refractivity contribution in [1.29, 1.82) is 0 Å². The van der Waals surface area contributed by atoms with Crippen LogP contribution in [-0.2, 0) is 6.42 Å². The molecule has 1 N–H and O–H groups in total. The molecule has 5 heteroatoms. The molecule has 0 spiro atoms. The lowest BCUT2D eigenvalue weighted by molar-refractivity contribution is 0.527. The van der Waals surface area contributed by atoms with E-state index in [9.17, 15) is 4.39 Å². The molecule has 0 saturated heterocycles. The Morgan fingerprint density at radius 3 is 2.81 bits per heavy atom. The third kappa shape index (κ3) is 4.77. The quantitative estimate of drug-likeness (QED) is 0.779. The maximum absolute atomic E-state index is 13.3. The van der Waals surface area contributed by atoms with Gasteiger partial charge in [0, 0.05) is 22.9 Å². The third-order valence-corrected chi connectivity index (χ3v) is 3.92. The van der Waals surface area contributed by atoms with Crippen LogP contribution in [0.3, 0.4) is 0 Å². The highest BCUT2D eigenvalue weighted by Gasteiger charge is 2.13. The molecular formula is C16H17BrClFN2. The monoisotopic (exact) mass is 370 g/mol. The average Bonchev–Trinajstić information content (AvgIpc) is 2.47. The van der Waals surface area contributed by atoms with Gasteiger partial charge in [-0.3, -0.25) is 4.98 Å². The lowest BCUT2D eigenvalue weighted by Gasteiger charge is -2.19. The van der Waals surface area contributed by atoms with Crippen molar-refractivity contribution < 1.29 is 4.39 Å². The Bertz CT molecular complexity index is 607. The Morgan fingerprint density at radius 1 is 1.33 bits per heavy atom. The summed E-state index contributed by atoms with van der Waals surface area (Å²) in [6.07, 6.45) is 5.39. The number of hydrogen-bond donors (Lipinski definition) is 1. The second-order valence-electron chi connectivity index (χ2n) is 4.90. The van der Waals surface area contributed by atoms with Crippen LogP contribution in [0, 0.1) is 5.82 Å². The third-order valence-electron chi connectivity index (χ3n) is 3.19. The van der Waals surface area contributed by atoms with Gasteiger partial charge in [-0.05, 0) is 64.6 Å². The standard InChI is InChI=1S/C16H17BrClFN2/c1-2-5-21-16(12-8-13(17)10-20-9-12)7-11-3-4-15(19)14(18)6-11/h3-4,6,8-10,16,21H,2,5,7H2,1H3. The van der Waals surface area contributed by atoms with Crippen molar-refractivity contribution in [2.45, 2.75) is 25.8 Å². The van der Waals surface area contributed by atoms with Crippen molar-refractivity contribution in [3.05, 3.63) is 63.1 Å². The summed E-state index contributed by atoms with van der Waals surface area (Å²) in [4.78, 5) is 4.21. The van der Waals surface area contributed by atoms with Gasteiger partial charge in [-0.15, -0.1) is 0 Å². The number of halogens is 3. The first kappa shape index (κ1) is 16.4.